The van der Waals surface area contributed by atoms with E-state index in [0.29, 0.717) is 6.04 Å². The van der Waals surface area contributed by atoms with Gasteiger partial charge in [0.1, 0.15) is 0 Å². The minimum atomic E-state index is 0.571. The van der Waals surface area contributed by atoms with Crippen molar-refractivity contribution in [1.82, 2.24) is 10.2 Å². The molecule has 0 heterocycles. The second-order valence-electron chi connectivity index (χ2n) is 6.83. The van der Waals surface area contributed by atoms with Crippen molar-refractivity contribution in [2.45, 2.75) is 71.0 Å². The Hall–Kier alpha value is -0.860. The van der Waals surface area contributed by atoms with Crippen molar-refractivity contribution in [2.24, 2.45) is 0 Å². The van der Waals surface area contributed by atoms with Gasteiger partial charge in [0, 0.05) is 18.6 Å². The lowest BCUT2D eigenvalue weighted by atomic mass is 9.94. The normalized spacial score (nSPS) is 16.8. The van der Waals surface area contributed by atoms with Crippen LogP contribution in [0, 0.1) is 0 Å². The van der Waals surface area contributed by atoms with Crippen LogP contribution in [-0.4, -0.2) is 30.6 Å². The van der Waals surface area contributed by atoms with Gasteiger partial charge in [0.05, 0.1) is 0 Å². The molecule has 0 spiro atoms. The molecule has 1 saturated carbocycles. The predicted molar refractivity (Wildman–Crippen MR) is 91.6 cm³/mol. The van der Waals surface area contributed by atoms with E-state index in [1.165, 1.54) is 43.2 Å². The molecule has 0 atom stereocenters. The smallest absolute Gasteiger partial charge is 0.0236 e. The molecule has 1 aromatic carbocycles. The van der Waals surface area contributed by atoms with Crippen molar-refractivity contribution in [1.29, 1.82) is 0 Å². The lowest BCUT2D eigenvalue weighted by Gasteiger charge is -2.31. The van der Waals surface area contributed by atoms with Crippen molar-refractivity contribution in [3.8, 4) is 0 Å². The SMILES string of the molecule is CC(C)NCCc1ccccc1CN(C)C1CCCCC1. The van der Waals surface area contributed by atoms with E-state index in [2.05, 4.69) is 55.4 Å². The Morgan fingerprint density at radius 2 is 1.76 bits per heavy atom. The van der Waals surface area contributed by atoms with Crippen LogP contribution in [0.5, 0.6) is 0 Å². The quantitative estimate of drug-likeness (QED) is 0.816. The van der Waals surface area contributed by atoms with Crippen molar-refractivity contribution in [2.75, 3.05) is 13.6 Å². The van der Waals surface area contributed by atoms with Gasteiger partial charge in [-0.15, -0.1) is 0 Å². The Bertz CT molecular complexity index is 408. The third-order valence-electron chi connectivity index (χ3n) is 4.68. The Morgan fingerprint density at radius 1 is 1.10 bits per heavy atom. The molecule has 1 aliphatic rings. The van der Waals surface area contributed by atoms with Gasteiger partial charge in [-0.1, -0.05) is 57.4 Å². The van der Waals surface area contributed by atoms with Gasteiger partial charge >= 0.3 is 0 Å². The van der Waals surface area contributed by atoms with E-state index in [4.69, 9.17) is 0 Å². The Balaban J connectivity index is 1.92. The van der Waals surface area contributed by atoms with Gasteiger partial charge in [-0.2, -0.15) is 0 Å². The fraction of sp³-hybridized carbons (Fsp3) is 0.684. The fourth-order valence-electron chi connectivity index (χ4n) is 3.37. The molecule has 2 heteroatoms. The zero-order valence-electron chi connectivity index (χ0n) is 14.1. The van der Waals surface area contributed by atoms with Gasteiger partial charge in [-0.25, -0.2) is 0 Å². The minimum absolute atomic E-state index is 0.571. The van der Waals surface area contributed by atoms with Crippen molar-refractivity contribution in [3.63, 3.8) is 0 Å². The number of hydrogen-bond donors (Lipinski definition) is 1. The zero-order chi connectivity index (χ0) is 15.1. The first-order valence-electron chi connectivity index (χ1n) is 8.67. The highest BCUT2D eigenvalue weighted by molar-refractivity contribution is 5.27. The standard InChI is InChI=1S/C19H32N2/c1-16(2)20-14-13-17-9-7-8-10-18(17)15-21(3)19-11-5-4-6-12-19/h7-10,16,19-20H,4-6,11-15H2,1-3H3. The molecule has 1 fully saturated rings. The Labute approximate surface area is 130 Å². The average molecular weight is 288 g/mol. The van der Waals surface area contributed by atoms with Crippen LogP contribution in [0.2, 0.25) is 0 Å². The van der Waals surface area contributed by atoms with E-state index in [1.807, 2.05) is 0 Å². The minimum Gasteiger partial charge on any atom is -0.314 e. The van der Waals surface area contributed by atoms with Crippen LogP contribution in [0.3, 0.4) is 0 Å². The molecule has 0 amide bonds. The van der Waals surface area contributed by atoms with Gasteiger partial charge in [0.25, 0.3) is 0 Å². The molecule has 0 unspecified atom stereocenters. The molecule has 21 heavy (non-hydrogen) atoms. The van der Waals surface area contributed by atoms with E-state index in [1.54, 1.807) is 0 Å². The number of rotatable bonds is 7. The first-order chi connectivity index (χ1) is 10.2. The van der Waals surface area contributed by atoms with Gasteiger partial charge in [-0.05, 0) is 44.0 Å². The van der Waals surface area contributed by atoms with Crippen LogP contribution in [0.25, 0.3) is 0 Å². The summed E-state index contributed by atoms with van der Waals surface area (Å²) in [6, 6.07) is 10.3. The maximum absolute atomic E-state index is 3.52. The summed E-state index contributed by atoms with van der Waals surface area (Å²) in [5.74, 6) is 0. The van der Waals surface area contributed by atoms with Crippen LogP contribution in [0.4, 0.5) is 0 Å². The summed E-state index contributed by atoms with van der Waals surface area (Å²) in [5.41, 5.74) is 3.02. The third kappa shape index (κ3) is 5.44. The molecule has 0 radical (unpaired) electrons. The molecule has 1 aromatic rings. The van der Waals surface area contributed by atoms with Gasteiger partial charge in [0.15, 0.2) is 0 Å². The van der Waals surface area contributed by atoms with Crippen LogP contribution in [0.15, 0.2) is 24.3 Å². The summed E-state index contributed by atoms with van der Waals surface area (Å²) in [6.07, 6.45) is 8.15. The summed E-state index contributed by atoms with van der Waals surface area (Å²) < 4.78 is 0. The number of nitrogens with zero attached hydrogens (tertiary/aromatic N) is 1. The molecule has 2 rings (SSSR count). The summed E-state index contributed by atoms with van der Waals surface area (Å²) in [5, 5.41) is 3.52. The van der Waals surface area contributed by atoms with E-state index in [-0.39, 0.29) is 0 Å². The van der Waals surface area contributed by atoms with Crippen molar-refractivity contribution >= 4 is 0 Å². The highest BCUT2D eigenvalue weighted by atomic mass is 15.1. The van der Waals surface area contributed by atoms with Crippen molar-refractivity contribution in [3.05, 3.63) is 35.4 Å². The van der Waals surface area contributed by atoms with Crippen LogP contribution in [0.1, 0.15) is 57.1 Å². The molecule has 1 N–H and O–H groups in total. The van der Waals surface area contributed by atoms with Crippen LogP contribution in [-0.2, 0) is 13.0 Å². The maximum Gasteiger partial charge on any atom is 0.0236 e. The number of benzene rings is 1. The third-order valence-corrected chi connectivity index (χ3v) is 4.68. The summed E-state index contributed by atoms with van der Waals surface area (Å²) in [6.45, 7) is 6.59. The highest BCUT2D eigenvalue weighted by Crippen LogP contribution is 2.23. The Kier molecular flexibility index (Phi) is 6.72. The lowest BCUT2D eigenvalue weighted by Crippen LogP contribution is -2.33. The topological polar surface area (TPSA) is 15.3 Å². The molecule has 0 bridgehead atoms. The van der Waals surface area contributed by atoms with Crippen LogP contribution < -0.4 is 5.32 Å². The maximum atomic E-state index is 3.52. The van der Waals surface area contributed by atoms with E-state index in [0.717, 1.165) is 25.6 Å². The van der Waals surface area contributed by atoms with Gasteiger partial charge in [-0.3, -0.25) is 4.90 Å². The van der Waals surface area contributed by atoms with Gasteiger partial charge in [0.2, 0.25) is 0 Å². The molecule has 0 saturated heterocycles. The molecular weight excluding hydrogens is 256 g/mol. The molecule has 2 nitrogen and oxygen atoms in total. The molecule has 0 aliphatic heterocycles. The fourth-order valence-corrected chi connectivity index (χ4v) is 3.37. The summed E-state index contributed by atoms with van der Waals surface area (Å²) in [7, 11) is 2.30. The monoisotopic (exact) mass is 288 g/mol. The first kappa shape index (κ1) is 16.5. The highest BCUT2D eigenvalue weighted by Gasteiger charge is 2.18. The zero-order valence-corrected chi connectivity index (χ0v) is 14.1. The van der Waals surface area contributed by atoms with Gasteiger partial charge < -0.3 is 5.32 Å². The molecule has 1 aliphatic carbocycles. The summed E-state index contributed by atoms with van der Waals surface area (Å²) >= 11 is 0. The average Bonchev–Trinajstić information content (AvgIpc) is 2.49. The van der Waals surface area contributed by atoms with Crippen LogP contribution >= 0.6 is 0 Å². The largest absolute Gasteiger partial charge is 0.314 e. The summed E-state index contributed by atoms with van der Waals surface area (Å²) in [4.78, 5) is 2.58. The lowest BCUT2D eigenvalue weighted by molar-refractivity contribution is 0.184. The first-order valence-corrected chi connectivity index (χ1v) is 8.67. The molecule has 118 valence electrons. The number of hydrogen-bond acceptors (Lipinski definition) is 2. The number of nitrogens with one attached hydrogen (secondary N) is 1. The Morgan fingerprint density at radius 3 is 2.43 bits per heavy atom. The predicted octanol–water partition coefficient (Wildman–Crippen LogP) is 3.99. The second-order valence-corrected chi connectivity index (χ2v) is 6.83. The van der Waals surface area contributed by atoms with E-state index in [9.17, 15) is 0 Å². The molecule has 0 aromatic heterocycles. The van der Waals surface area contributed by atoms with E-state index < -0.39 is 0 Å². The van der Waals surface area contributed by atoms with E-state index >= 15 is 0 Å². The van der Waals surface area contributed by atoms with Crippen molar-refractivity contribution < 1.29 is 0 Å². The molecular formula is C19H32N2. The second kappa shape index (κ2) is 8.55.